The fourth-order valence-corrected chi connectivity index (χ4v) is 1.95. The van der Waals surface area contributed by atoms with E-state index in [9.17, 15) is 0 Å². The SMILES string of the molecule is CCOC(c1noc(C(C)C(N)CC)n1)C(C)(C)C. The fourth-order valence-electron chi connectivity index (χ4n) is 1.95. The molecular formula is C14H27N3O2. The van der Waals surface area contributed by atoms with Gasteiger partial charge in [0.2, 0.25) is 11.7 Å². The van der Waals surface area contributed by atoms with Crippen LogP contribution in [0.5, 0.6) is 0 Å². The van der Waals surface area contributed by atoms with Crippen LogP contribution in [0.25, 0.3) is 0 Å². The van der Waals surface area contributed by atoms with E-state index in [4.69, 9.17) is 15.0 Å². The van der Waals surface area contributed by atoms with Crippen molar-refractivity contribution in [1.82, 2.24) is 10.1 Å². The van der Waals surface area contributed by atoms with Gasteiger partial charge < -0.3 is 15.0 Å². The molecule has 5 heteroatoms. The molecule has 1 heterocycles. The lowest BCUT2D eigenvalue weighted by atomic mass is 9.88. The maximum absolute atomic E-state index is 6.02. The summed E-state index contributed by atoms with van der Waals surface area (Å²) in [7, 11) is 0. The summed E-state index contributed by atoms with van der Waals surface area (Å²) in [6, 6.07) is 0.0356. The van der Waals surface area contributed by atoms with Crippen molar-refractivity contribution in [2.75, 3.05) is 6.61 Å². The van der Waals surface area contributed by atoms with Gasteiger partial charge in [-0.3, -0.25) is 0 Å². The Morgan fingerprint density at radius 1 is 1.32 bits per heavy atom. The van der Waals surface area contributed by atoms with Crippen LogP contribution in [-0.4, -0.2) is 22.8 Å². The van der Waals surface area contributed by atoms with Crippen LogP contribution in [-0.2, 0) is 4.74 Å². The van der Waals surface area contributed by atoms with Gasteiger partial charge >= 0.3 is 0 Å². The van der Waals surface area contributed by atoms with Crippen molar-refractivity contribution in [1.29, 1.82) is 0 Å². The first-order chi connectivity index (χ1) is 8.81. The maximum Gasteiger partial charge on any atom is 0.231 e. The van der Waals surface area contributed by atoms with E-state index in [-0.39, 0.29) is 23.5 Å². The predicted molar refractivity (Wildman–Crippen MR) is 74.8 cm³/mol. The van der Waals surface area contributed by atoms with Crippen LogP contribution in [0.1, 0.15) is 71.7 Å². The van der Waals surface area contributed by atoms with Gasteiger partial charge in [-0.1, -0.05) is 39.8 Å². The highest BCUT2D eigenvalue weighted by Gasteiger charge is 2.32. The van der Waals surface area contributed by atoms with Crippen molar-refractivity contribution in [3.05, 3.63) is 11.7 Å². The highest BCUT2D eigenvalue weighted by atomic mass is 16.5. The number of ether oxygens (including phenoxy) is 1. The number of hydrogen-bond donors (Lipinski definition) is 1. The molecule has 1 aromatic rings. The summed E-state index contributed by atoms with van der Waals surface area (Å²) in [5.74, 6) is 1.27. The Labute approximate surface area is 115 Å². The summed E-state index contributed by atoms with van der Waals surface area (Å²) in [5, 5.41) is 4.07. The van der Waals surface area contributed by atoms with Gasteiger partial charge in [-0.25, -0.2) is 0 Å². The summed E-state index contributed by atoms with van der Waals surface area (Å²) in [5.41, 5.74) is 5.94. The zero-order chi connectivity index (χ0) is 14.6. The van der Waals surface area contributed by atoms with Gasteiger partial charge in [-0.05, 0) is 18.8 Å². The van der Waals surface area contributed by atoms with Crippen LogP contribution in [0.3, 0.4) is 0 Å². The Kier molecular flexibility index (Phi) is 5.50. The summed E-state index contributed by atoms with van der Waals surface area (Å²) in [6.45, 7) is 13.0. The zero-order valence-corrected chi connectivity index (χ0v) is 12.9. The number of aromatic nitrogens is 2. The van der Waals surface area contributed by atoms with Crippen molar-refractivity contribution < 1.29 is 9.26 Å². The van der Waals surface area contributed by atoms with E-state index in [0.717, 1.165) is 6.42 Å². The van der Waals surface area contributed by atoms with E-state index in [2.05, 4.69) is 37.8 Å². The molecule has 1 aromatic heterocycles. The Morgan fingerprint density at radius 3 is 2.42 bits per heavy atom. The molecule has 0 aromatic carbocycles. The van der Waals surface area contributed by atoms with Crippen LogP contribution in [0.15, 0.2) is 4.52 Å². The van der Waals surface area contributed by atoms with Gasteiger partial charge in [-0.2, -0.15) is 4.98 Å². The molecule has 0 aliphatic heterocycles. The third kappa shape index (κ3) is 4.01. The second-order valence-corrected chi connectivity index (χ2v) is 6.05. The quantitative estimate of drug-likeness (QED) is 0.859. The lowest BCUT2D eigenvalue weighted by Crippen LogP contribution is -2.26. The average molecular weight is 269 g/mol. The van der Waals surface area contributed by atoms with E-state index in [1.54, 1.807) is 0 Å². The standard InChI is InChI=1S/C14H27N3O2/c1-7-10(15)9(3)13-16-12(17-19-13)11(18-8-2)14(4,5)6/h9-11H,7-8,15H2,1-6H3. The van der Waals surface area contributed by atoms with Crippen molar-refractivity contribution >= 4 is 0 Å². The molecule has 0 aliphatic rings. The molecule has 0 aliphatic carbocycles. The first-order valence-corrected chi connectivity index (χ1v) is 7.01. The minimum Gasteiger partial charge on any atom is -0.370 e. The van der Waals surface area contributed by atoms with Crippen LogP contribution in [0, 0.1) is 5.41 Å². The summed E-state index contributed by atoms with van der Waals surface area (Å²) in [4.78, 5) is 4.48. The molecule has 1 rings (SSSR count). The zero-order valence-electron chi connectivity index (χ0n) is 12.9. The maximum atomic E-state index is 6.02. The average Bonchev–Trinajstić information content (AvgIpc) is 2.81. The summed E-state index contributed by atoms with van der Waals surface area (Å²) >= 11 is 0. The number of nitrogens with two attached hydrogens (primary N) is 1. The second kappa shape index (κ2) is 6.48. The van der Waals surface area contributed by atoms with Crippen molar-refractivity contribution in [3.63, 3.8) is 0 Å². The number of hydrogen-bond acceptors (Lipinski definition) is 5. The molecule has 5 nitrogen and oxygen atoms in total. The molecule has 0 spiro atoms. The van der Waals surface area contributed by atoms with E-state index in [1.165, 1.54) is 0 Å². The van der Waals surface area contributed by atoms with E-state index < -0.39 is 0 Å². The van der Waals surface area contributed by atoms with Gasteiger partial charge in [0, 0.05) is 12.6 Å². The number of rotatable bonds is 6. The molecule has 0 saturated heterocycles. The summed E-state index contributed by atoms with van der Waals surface area (Å²) < 4.78 is 11.1. The lowest BCUT2D eigenvalue weighted by molar-refractivity contribution is -0.0203. The molecule has 3 atom stereocenters. The molecular weight excluding hydrogens is 242 g/mol. The van der Waals surface area contributed by atoms with Crippen LogP contribution in [0.4, 0.5) is 0 Å². The van der Waals surface area contributed by atoms with E-state index >= 15 is 0 Å². The first-order valence-electron chi connectivity index (χ1n) is 7.01. The third-order valence-corrected chi connectivity index (χ3v) is 3.32. The first kappa shape index (κ1) is 16.1. The third-order valence-electron chi connectivity index (χ3n) is 3.32. The molecule has 110 valence electrons. The Morgan fingerprint density at radius 2 is 1.95 bits per heavy atom. The monoisotopic (exact) mass is 269 g/mol. The minimum atomic E-state index is -0.167. The Hall–Kier alpha value is -0.940. The molecule has 3 unspecified atom stereocenters. The van der Waals surface area contributed by atoms with Crippen molar-refractivity contribution in [2.45, 2.75) is 66.0 Å². The molecule has 2 N–H and O–H groups in total. The van der Waals surface area contributed by atoms with E-state index in [1.807, 2.05) is 13.8 Å². The minimum absolute atomic E-state index is 0.0356. The van der Waals surface area contributed by atoms with Crippen LogP contribution in [0.2, 0.25) is 0 Å². The largest absolute Gasteiger partial charge is 0.370 e. The molecule has 0 fully saturated rings. The smallest absolute Gasteiger partial charge is 0.231 e. The van der Waals surface area contributed by atoms with E-state index in [0.29, 0.717) is 18.3 Å². The highest BCUT2D eigenvalue weighted by molar-refractivity contribution is 5.01. The molecule has 0 radical (unpaired) electrons. The molecule has 0 bridgehead atoms. The van der Waals surface area contributed by atoms with Gasteiger partial charge in [0.05, 0.1) is 5.92 Å². The van der Waals surface area contributed by atoms with Gasteiger partial charge in [0.15, 0.2) is 0 Å². The molecule has 0 amide bonds. The predicted octanol–water partition coefficient (Wildman–Crippen LogP) is 3.03. The molecule has 19 heavy (non-hydrogen) atoms. The Balaban J connectivity index is 2.93. The number of nitrogens with zero attached hydrogens (tertiary/aromatic N) is 2. The van der Waals surface area contributed by atoms with Gasteiger partial charge in [0.1, 0.15) is 6.10 Å². The summed E-state index contributed by atoms with van der Waals surface area (Å²) in [6.07, 6.45) is 0.715. The fraction of sp³-hybridized carbons (Fsp3) is 0.857. The second-order valence-electron chi connectivity index (χ2n) is 6.05. The van der Waals surface area contributed by atoms with Crippen molar-refractivity contribution in [3.8, 4) is 0 Å². The van der Waals surface area contributed by atoms with Gasteiger partial charge in [0.25, 0.3) is 0 Å². The van der Waals surface area contributed by atoms with Crippen LogP contribution < -0.4 is 5.73 Å². The topological polar surface area (TPSA) is 74.2 Å². The van der Waals surface area contributed by atoms with Crippen LogP contribution >= 0.6 is 0 Å². The Bertz CT molecular complexity index is 384. The highest BCUT2D eigenvalue weighted by Crippen LogP contribution is 2.35. The van der Waals surface area contributed by atoms with Gasteiger partial charge in [-0.15, -0.1) is 0 Å². The molecule has 0 saturated carbocycles. The normalized spacial score (nSPS) is 17.2. The van der Waals surface area contributed by atoms with Crippen molar-refractivity contribution in [2.24, 2.45) is 11.1 Å². The lowest BCUT2D eigenvalue weighted by Gasteiger charge is -2.27.